The van der Waals surface area contributed by atoms with Gasteiger partial charge in [0.25, 0.3) is 10.1 Å². The fourth-order valence-electron chi connectivity index (χ4n) is 1.09. The van der Waals surface area contributed by atoms with Crippen LogP contribution in [0.5, 0.6) is 0 Å². The van der Waals surface area contributed by atoms with Crippen LogP contribution in [0.2, 0.25) is 0 Å². The minimum Gasteiger partial charge on any atom is -0.399 e. The first kappa shape index (κ1) is 15.2. The van der Waals surface area contributed by atoms with Crippen molar-refractivity contribution >= 4 is 15.8 Å². The highest BCUT2D eigenvalue weighted by Crippen LogP contribution is 2.25. The average molecular weight is 296 g/mol. The van der Waals surface area contributed by atoms with Gasteiger partial charge in [-0.3, -0.25) is 10.1 Å². The Hall–Kier alpha value is -1.81. The third kappa shape index (κ3) is 3.35. The monoisotopic (exact) mass is 296 g/mol. The minimum atomic E-state index is -4.53. The van der Waals surface area contributed by atoms with Crippen LogP contribution in [0.4, 0.5) is 14.5 Å². The summed E-state index contributed by atoms with van der Waals surface area (Å²) in [5.74, 6) is 0. The number of benzene rings is 1. The van der Waals surface area contributed by atoms with Crippen molar-refractivity contribution in [3.63, 3.8) is 0 Å². The van der Waals surface area contributed by atoms with Gasteiger partial charge in [-0.2, -0.15) is 8.42 Å². The van der Waals surface area contributed by atoms with Crippen molar-refractivity contribution in [2.24, 2.45) is 0 Å². The van der Waals surface area contributed by atoms with Crippen LogP contribution < -0.4 is 5.73 Å². The molecule has 106 valence electrons. The Balaban J connectivity index is 2.98. The lowest BCUT2D eigenvalue weighted by Gasteiger charge is -2.15. The Morgan fingerprint density at radius 1 is 1.37 bits per heavy atom. The van der Waals surface area contributed by atoms with E-state index in [1.165, 1.54) is 12.1 Å². The summed E-state index contributed by atoms with van der Waals surface area (Å²) in [4.78, 5) is 7.76. The lowest BCUT2D eigenvalue weighted by molar-refractivity contribution is -0.654. The summed E-state index contributed by atoms with van der Waals surface area (Å²) in [6.07, 6.45) is -2.44. The van der Waals surface area contributed by atoms with Crippen LogP contribution in [-0.4, -0.2) is 25.5 Å². The zero-order valence-electron chi connectivity index (χ0n) is 9.62. The summed E-state index contributed by atoms with van der Waals surface area (Å²) < 4.78 is 53.2. The minimum absolute atomic E-state index is 0.266. The van der Waals surface area contributed by atoms with Gasteiger partial charge in [-0.25, -0.2) is 4.18 Å². The van der Waals surface area contributed by atoms with Crippen LogP contribution in [0.1, 0.15) is 6.92 Å². The van der Waals surface area contributed by atoms with E-state index in [2.05, 4.69) is 4.18 Å². The van der Waals surface area contributed by atoms with Crippen molar-refractivity contribution in [2.75, 3.05) is 5.73 Å². The van der Waals surface area contributed by atoms with E-state index in [0.29, 0.717) is 6.92 Å². The highest BCUT2D eigenvalue weighted by atomic mass is 32.2. The molecule has 0 radical (unpaired) electrons. The third-order valence-corrected chi connectivity index (χ3v) is 3.56. The molecule has 0 saturated heterocycles. The molecule has 1 atom stereocenters. The van der Waals surface area contributed by atoms with Gasteiger partial charge in [-0.05, 0) is 31.2 Å². The number of nitrogen functional groups attached to an aromatic ring is 1. The van der Waals surface area contributed by atoms with Gasteiger partial charge in [0.1, 0.15) is 0 Å². The van der Waals surface area contributed by atoms with Gasteiger partial charge in [0.05, 0.1) is 9.82 Å². The van der Waals surface area contributed by atoms with Crippen LogP contribution in [0.25, 0.3) is 0 Å². The highest BCUT2D eigenvalue weighted by molar-refractivity contribution is 7.86. The number of nitrogens with two attached hydrogens (primary N) is 1. The molecule has 0 bridgehead atoms. The molecule has 0 amide bonds. The number of nitrogens with zero attached hydrogens (tertiary/aromatic N) is 1. The van der Waals surface area contributed by atoms with Gasteiger partial charge in [0.2, 0.25) is 6.10 Å². The molecule has 19 heavy (non-hydrogen) atoms. The number of rotatable bonds is 5. The van der Waals surface area contributed by atoms with E-state index < -0.39 is 32.1 Å². The molecule has 0 heterocycles. The summed E-state index contributed by atoms with van der Waals surface area (Å²) in [6, 6.07) is 0.0311. The fourth-order valence-corrected chi connectivity index (χ4v) is 2.16. The maximum Gasteiger partial charge on any atom is 0.538 e. The molecule has 0 unspecified atom stereocenters. The maximum absolute atomic E-state index is 12.9. The summed E-state index contributed by atoms with van der Waals surface area (Å²) >= 11 is 0. The quantitative estimate of drug-likeness (QED) is 0.287. The lowest BCUT2D eigenvalue weighted by Crippen LogP contribution is -2.41. The standard InChI is InChI=1S/C9H10F2N2O5S/c1-6(9(10,11)13(14)15)18-19(16,17)8-4-2-7(12)3-5-8/h2-6H,12H2,1H3/t6-/m0/s1. The van der Waals surface area contributed by atoms with E-state index >= 15 is 0 Å². The molecular weight excluding hydrogens is 286 g/mol. The molecular formula is C9H10F2N2O5S. The second-order valence-corrected chi connectivity index (χ2v) is 5.18. The average Bonchev–Trinajstić information content (AvgIpc) is 2.28. The molecule has 0 aliphatic rings. The summed E-state index contributed by atoms with van der Waals surface area (Å²) in [6.45, 7) is 0.595. The van der Waals surface area contributed by atoms with Crippen LogP contribution in [0, 0.1) is 10.1 Å². The number of hydrogen-bond donors (Lipinski definition) is 1. The van der Waals surface area contributed by atoms with E-state index in [9.17, 15) is 27.3 Å². The van der Waals surface area contributed by atoms with E-state index in [0.717, 1.165) is 12.1 Å². The fraction of sp³-hybridized carbons (Fsp3) is 0.333. The number of alkyl halides is 2. The first-order chi connectivity index (χ1) is 8.57. The molecule has 0 aromatic heterocycles. The zero-order valence-corrected chi connectivity index (χ0v) is 10.4. The van der Waals surface area contributed by atoms with Crippen LogP contribution in [0.15, 0.2) is 29.2 Å². The normalized spacial score (nSPS) is 14.1. The maximum atomic E-state index is 12.9. The summed E-state index contributed by atoms with van der Waals surface area (Å²) in [5.41, 5.74) is 5.60. The van der Waals surface area contributed by atoms with Gasteiger partial charge in [-0.15, -0.1) is 8.78 Å². The summed E-state index contributed by atoms with van der Waals surface area (Å²) in [5, 5.41) is 10.1. The van der Waals surface area contributed by atoms with Gasteiger partial charge in [0.15, 0.2) is 0 Å². The van der Waals surface area contributed by atoms with Crippen LogP contribution in [0.3, 0.4) is 0 Å². The predicted octanol–water partition coefficient (Wildman–Crippen LogP) is 1.23. The second kappa shape index (κ2) is 5.05. The number of hydrogen-bond acceptors (Lipinski definition) is 6. The first-order valence-electron chi connectivity index (χ1n) is 4.88. The van der Waals surface area contributed by atoms with Crippen molar-refractivity contribution in [3.8, 4) is 0 Å². The lowest BCUT2D eigenvalue weighted by atomic mass is 10.3. The van der Waals surface area contributed by atoms with E-state index in [4.69, 9.17) is 5.73 Å². The number of halogens is 2. The SMILES string of the molecule is C[C@H](OS(=O)(=O)c1ccc(N)cc1)C(F)(F)[N+](=O)[O-]. The summed E-state index contributed by atoms with van der Waals surface area (Å²) in [7, 11) is -4.53. The van der Waals surface area contributed by atoms with Gasteiger partial charge in [-0.1, -0.05) is 0 Å². The molecule has 0 fully saturated rings. The van der Waals surface area contributed by atoms with E-state index in [1.807, 2.05) is 0 Å². The van der Waals surface area contributed by atoms with E-state index in [-0.39, 0.29) is 5.69 Å². The Kier molecular flexibility index (Phi) is 4.06. The van der Waals surface area contributed by atoms with Crippen molar-refractivity contribution in [3.05, 3.63) is 34.4 Å². The van der Waals surface area contributed by atoms with Crippen LogP contribution in [-0.2, 0) is 14.3 Å². The molecule has 1 rings (SSSR count). The van der Waals surface area contributed by atoms with Crippen molar-refractivity contribution < 1.29 is 26.3 Å². The molecule has 0 saturated carbocycles. The zero-order chi connectivity index (χ0) is 14.8. The Morgan fingerprint density at radius 2 is 1.84 bits per heavy atom. The van der Waals surface area contributed by atoms with Crippen molar-refractivity contribution in [1.82, 2.24) is 0 Å². The smallest absolute Gasteiger partial charge is 0.399 e. The molecule has 0 aliphatic carbocycles. The molecule has 1 aromatic carbocycles. The Labute approximate surface area is 107 Å². The Morgan fingerprint density at radius 3 is 2.26 bits per heavy atom. The topological polar surface area (TPSA) is 113 Å². The van der Waals surface area contributed by atoms with Gasteiger partial charge in [0, 0.05) is 5.69 Å². The highest BCUT2D eigenvalue weighted by Gasteiger charge is 2.53. The molecule has 2 N–H and O–H groups in total. The Bertz CT molecular complexity index is 573. The third-order valence-electron chi connectivity index (χ3n) is 2.17. The number of anilines is 1. The van der Waals surface area contributed by atoms with Gasteiger partial charge < -0.3 is 5.73 Å². The van der Waals surface area contributed by atoms with Gasteiger partial charge >= 0.3 is 6.05 Å². The predicted molar refractivity (Wildman–Crippen MR) is 60.5 cm³/mol. The largest absolute Gasteiger partial charge is 0.538 e. The molecule has 1 aromatic rings. The van der Waals surface area contributed by atoms with Crippen molar-refractivity contribution in [2.45, 2.75) is 24.0 Å². The first-order valence-corrected chi connectivity index (χ1v) is 6.29. The second-order valence-electron chi connectivity index (χ2n) is 3.61. The van der Waals surface area contributed by atoms with Crippen LogP contribution >= 0.6 is 0 Å². The molecule has 10 heteroatoms. The molecule has 7 nitrogen and oxygen atoms in total. The van der Waals surface area contributed by atoms with Crippen molar-refractivity contribution in [1.29, 1.82) is 0 Å². The molecule has 0 aliphatic heterocycles. The van der Waals surface area contributed by atoms with E-state index in [1.54, 1.807) is 0 Å². The number of nitro groups is 1. The molecule has 0 spiro atoms.